The summed E-state index contributed by atoms with van der Waals surface area (Å²) < 4.78 is 0. The van der Waals surface area contributed by atoms with Gasteiger partial charge in [0.15, 0.2) is 0 Å². The number of amides is 1. The zero-order valence-electron chi connectivity index (χ0n) is 14.3. The Morgan fingerprint density at radius 3 is 2.57 bits per heavy atom. The second kappa shape index (κ2) is 6.57. The normalized spacial score (nSPS) is 16.4. The molecule has 0 N–H and O–H groups in total. The lowest BCUT2D eigenvalue weighted by Crippen LogP contribution is -2.36. The van der Waals surface area contributed by atoms with Crippen molar-refractivity contribution in [2.75, 3.05) is 0 Å². The summed E-state index contributed by atoms with van der Waals surface area (Å²) in [6.45, 7) is 6.17. The van der Waals surface area contributed by atoms with Gasteiger partial charge < -0.3 is 4.90 Å². The number of hydrogen-bond donors (Lipinski definition) is 0. The molecule has 1 amide bonds. The highest BCUT2D eigenvalue weighted by atomic mass is 16.2. The minimum atomic E-state index is 0.111. The summed E-state index contributed by atoms with van der Waals surface area (Å²) in [7, 11) is 0. The zero-order chi connectivity index (χ0) is 16.4. The fourth-order valence-corrected chi connectivity index (χ4v) is 3.24. The summed E-state index contributed by atoms with van der Waals surface area (Å²) in [5.41, 5.74) is 2.08. The molecule has 1 fully saturated rings. The average molecular weight is 307 g/mol. The molecule has 3 rings (SSSR count). The molecule has 1 atom stereocenters. The van der Waals surface area contributed by atoms with E-state index < -0.39 is 0 Å². The molecule has 1 unspecified atom stereocenters. The molecule has 23 heavy (non-hydrogen) atoms. The average Bonchev–Trinajstić information content (AvgIpc) is 3.39. The topological polar surface area (TPSA) is 20.3 Å². The fraction of sp³-hybridized carbons (Fsp3) is 0.381. The molecule has 120 valence electrons. The van der Waals surface area contributed by atoms with E-state index in [0.717, 1.165) is 24.8 Å². The van der Waals surface area contributed by atoms with Gasteiger partial charge in [-0.3, -0.25) is 4.79 Å². The summed E-state index contributed by atoms with van der Waals surface area (Å²) in [5, 5.41) is 2.48. The second-order valence-corrected chi connectivity index (χ2v) is 6.52. The molecule has 0 aliphatic heterocycles. The summed E-state index contributed by atoms with van der Waals surface area (Å²) in [4.78, 5) is 14.9. The first-order valence-electron chi connectivity index (χ1n) is 8.60. The highest BCUT2D eigenvalue weighted by Crippen LogP contribution is 2.36. The minimum absolute atomic E-state index is 0.111. The van der Waals surface area contributed by atoms with Crippen molar-refractivity contribution in [3.8, 4) is 0 Å². The van der Waals surface area contributed by atoms with Gasteiger partial charge in [-0.05, 0) is 55.5 Å². The van der Waals surface area contributed by atoms with E-state index in [0.29, 0.717) is 6.04 Å². The largest absolute Gasteiger partial charge is 0.329 e. The van der Waals surface area contributed by atoms with Crippen LogP contribution in [0.1, 0.15) is 51.6 Å². The highest BCUT2D eigenvalue weighted by Gasteiger charge is 2.36. The molecule has 0 aromatic heterocycles. The van der Waals surface area contributed by atoms with E-state index in [1.165, 1.54) is 16.3 Å². The van der Waals surface area contributed by atoms with Crippen molar-refractivity contribution in [1.82, 2.24) is 4.90 Å². The van der Waals surface area contributed by atoms with Crippen LogP contribution in [0, 0.1) is 0 Å². The van der Waals surface area contributed by atoms with E-state index in [9.17, 15) is 4.79 Å². The number of hydrogen-bond acceptors (Lipinski definition) is 1. The molecule has 2 heteroatoms. The number of carbonyl (C=O) groups excluding carboxylic acids is 1. The third-order valence-corrected chi connectivity index (χ3v) is 4.70. The van der Waals surface area contributed by atoms with Crippen LogP contribution >= 0.6 is 0 Å². The summed E-state index contributed by atoms with van der Waals surface area (Å²) in [6.07, 6.45) is 5.19. The van der Waals surface area contributed by atoms with Gasteiger partial charge in [-0.1, -0.05) is 49.4 Å². The van der Waals surface area contributed by atoms with Gasteiger partial charge in [0.25, 0.3) is 0 Å². The van der Waals surface area contributed by atoms with Crippen molar-refractivity contribution in [3.05, 3.63) is 59.7 Å². The lowest BCUT2D eigenvalue weighted by Gasteiger charge is -2.30. The van der Waals surface area contributed by atoms with E-state index in [1.807, 2.05) is 13.0 Å². The lowest BCUT2D eigenvalue weighted by atomic mass is 10.0. The Morgan fingerprint density at radius 2 is 1.91 bits per heavy atom. The molecule has 0 bridgehead atoms. The number of carbonyl (C=O) groups is 1. The van der Waals surface area contributed by atoms with Crippen LogP contribution in [0.25, 0.3) is 10.8 Å². The number of rotatable bonds is 5. The minimum Gasteiger partial charge on any atom is -0.329 e. The maximum Gasteiger partial charge on any atom is 0.249 e. The molecule has 2 aromatic carbocycles. The Labute approximate surface area is 138 Å². The van der Waals surface area contributed by atoms with Gasteiger partial charge in [0.2, 0.25) is 5.91 Å². The van der Waals surface area contributed by atoms with Gasteiger partial charge in [0.05, 0.1) is 6.04 Å². The molecule has 0 heterocycles. The highest BCUT2D eigenvalue weighted by molar-refractivity contribution is 5.93. The van der Waals surface area contributed by atoms with Crippen molar-refractivity contribution in [3.63, 3.8) is 0 Å². The molecule has 0 radical (unpaired) electrons. The summed E-state index contributed by atoms with van der Waals surface area (Å²) >= 11 is 0. The molecule has 0 spiro atoms. The molecule has 2 nitrogen and oxygen atoms in total. The van der Waals surface area contributed by atoms with Crippen LogP contribution in [0.4, 0.5) is 0 Å². The number of allylic oxidation sites excluding steroid dienone is 1. The first-order valence-corrected chi connectivity index (χ1v) is 8.60. The Bertz CT molecular complexity index is 742. The molecular formula is C21H25NO. The van der Waals surface area contributed by atoms with E-state index >= 15 is 0 Å². The van der Waals surface area contributed by atoms with E-state index in [-0.39, 0.29) is 11.9 Å². The molecule has 1 saturated carbocycles. The van der Waals surface area contributed by atoms with Gasteiger partial charge in [0.1, 0.15) is 0 Å². The van der Waals surface area contributed by atoms with Crippen molar-refractivity contribution in [1.29, 1.82) is 0 Å². The Balaban J connectivity index is 1.92. The molecule has 1 aliphatic rings. The van der Waals surface area contributed by atoms with Crippen molar-refractivity contribution < 1.29 is 4.79 Å². The molecule has 0 saturated heterocycles. The third-order valence-electron chi connectivity index (χ3n) is 4.70. The van der Waals surface area contributed by atoms with E-state index in [4.69, 9.17) is 0 Å². The van der Waals surface area contributed by atoms with Crippen molar-refractivity contribution in [2.24, 2.45) is 0 Å². The molecular weight excluding hydrogens is 282 g/mol. The Kier molecular flexibility index (Phi) is 4.51. The van der Waals surface area contributed by atoms with Gasteiger partial charge in [-0.25, -0.2) is 0 Å². The quantitative estimate of drug-likeness (QED) is 0.691. The van der Waals surface area contributed by atoms with Crippen LogP contribution in [0.5, 0.6) is 0 Å². The van der Waals surface area contributed by atoms with Crippen LogP contribution in [0.2, 0.25) is 0 Å². The summed E-state index contributed by atoms with van der Waals surface area (Å²) in [5.74, 6) is 0.190. The summed E-state index contributed by atoms with van der Waals surface area (Å²) in [6, 6.07) is 15.4. The van der Waals surface area contributed by atoms with Crippen LogP contribution < -0.4 is 0 Å². The van der Waals surface area contributed by atoms with Gasteiger partial charge >= 0.3 is 0 Å². The maximum absolute atomic E-state index is 12.9. The van der Waals surface area contributed by atoms with E-state index in [2.05, 4.69) is 61.2 Å². The Hall–Kier alpha value is -2.09. The first-order chi connectivity index (χ1) is 11.1. The predicted molar refractivity (Wildman–Crippen MR) is 96.3 cm³/mol. The van der Waals surface area contributed by atoms with Gasteiger partial charge in [-0.15, -0.1) is 0 Å². The standard InChI is InChI=1S/C21H25NO/c1-4-7-15(2)21(23)22(20-12-13-20)16(3)18-11-10-17-8-5-6-9-19(17)14-18/h5-11,14,16,20H,4,12-13H2,1-3H3/b15-7+. The van der Waals surface area contributed by atoms with Gasteiger partial charge in [0, 0.05) is 11.6 Å². The number of benzene rings is 2. The third kappa shape index (κ3) is 3.31. The van der Waals surface area contributed by atoms with Gasteiger partial charge in [-0.2, -0.15) is 0 Å². The SMILES string of the molecule is CC/C=C(\C)C(=O)N(C1CC1)C(C)c1ccc2ccccc2c1. The van der Waals surface area contributed by atoms with Crippen LogP contribution in [0.3, 0.4) is 0 Å². The zero-order valence-corrected chi connectivity index (χ0v) is 14.3. The fourth-order valence-electron chi connectivity index (χ4n) is 3.24. The molecule has 2 aromatic rings. The van der Waals surface area contributed by atoms with Crippen molar-refractivity contribution >= 4 is 16.7 Å². The smallest absolute Gasteiger partial charge is 0.249 e. The predicted octanol–water partition coefficient (Wildman–Crippen LogP) is 5.25. The number of fused-ring (bicyclic) bond motifs is 1. The molecule has 1 aliphatic carbocycles. The second-order valence-electron chi connectivity index (χ2n) is 6.52. The van der Waals surface area contributed by atoms with Crippen molar-refractivity contribution in [2.45, 2.75) is 52.1 Å². The lowest BCUT2D eigenvalue weighted by molar-refractivity contribution is -0.129. The van der Waals surface area contributed by atoms with Crippen LogP contribution in [-0.4, -0.2) is 16.8 Å². The van der Waals surface area contributed by atoms with E-state index in [1.54, 1.807) is 0 Å². The maximum atomic E-state index is 12.9. The number of nitrogens with zero attached hydrogens (tertiary/aromatic N) is 1. The van der Waals surface area contributed by atoms with Crippen LogP contribution in [0.15, 0.2) is 54.1 Å². The first kappa shape index (κ1) is 15.8. The van der Waals surface area contributed by atoms with Crippen LogP contribution in [-0.2, 0) is 4.79 Å². The monoisotopic (exact) mass is 307 g/mol. The Morgan fingerprint density at radius 1 is 1.22 bits per heavy atom.